The van der Waals surface area contributed by atoms with Gasteiger partial charge in [-0.15, -0.1) is 0 Å². The van der Waals surface area contributed by atoms with E-state index in [4.69, 9.17) is 0 Å². The summed E-state index contributed by atoms with van der Waals surface area (Å²) >= 11 is 0. The van der Waals surface area contributed by atoms with Crippen molar-refractivity contribution in [1.82, 2.24) is 10.6 Å². The average Bonchev–Trinajstić information content (AvgIpc) is 1.59. The fraction of sp³-hybridized carbons (Fsp3) is 0.250. The molecule has 1 fully saturated rings. The van der Waals surface area contributed by atoms with Crippen molar-refractivity contribution in [3.63, 3.8) is 0 Å². The van der Waals surface area contributed by atoms with Crippen LogP contribution in [0.4, 0.5) is 4.79 Å². The molecule has 1 heterocycles. The molecule has 10 heavy (non-hydrogen) atoms. The van der Waals surface area contributed by atoms with Crippen molar-refractivity contribution in [2.45, 2.75) is 6.42 Å². The van der Waals surface area contributed by atoms with Crippen molar-refractivity contribution in [2.75, 3.05) is 0 Å². The Morgan fingerprint density at radius 3 is 1.80 bits per heavy atom. The fourth-order valence-electron chi connectivity index (χ4n) is 0.519. The van der Waals surface area contributed by atoms with Crippen molar-refractivity contribution in [3.05, 3.63) is 0 Å². The van der Waals surface area contributed by atoms with E-state index in [9.17, 15) is 14.4 Å². The predicted octanol–water partition coefficient (Wildman–Crippen LogP) is -4.14. The number of carbonyl (C=O) groups excluding carboxylic acids is 3. The number of hydrogen-bond donors (Lipinski definition) is 2. The zero-order valence-electron chi connectivity index (χ0n) is 6.43. The van der Waals surface area contributed by atoms with Crippen LogP contribution in [0.25, 0.3) is 0 Å². The Hall–Kier alpha value is -0.793. The Morgan fingerprint density at radius 2 is 1.50 bits per heavy atom. The van der Waals surface area contributed by atoms with Gasteiger partial charge in [-0.3, -0.25) is 20.2 Å². The molecule has 5 nitrogen and oxygen atoms in total. The zero-order chi connectivity index (χ0) is 6.85. The van der Waals surface area contributed by atoms with Crippen molar-refractivity contribution >= 4 is 17.8 Å². The van der Waals surface area contributed by atoms with Crippen LogP contribution in [0.15, 0.2) is 0 Å². The number of nitrogens with one attached hydrogen (secondary N) is 2. The second-order valence-electron chi connectivity index (χ2n) is 1.60. The molecule has 0 aliphatic carbocycles. The molecule has 0 aromatic carbocycles. The summed E-state index contributed by atoms with van der Waals surface area (Å²) in [4.78, 5) is 30.8. The Labute approximate surface area is 70.2 Å². The maximum absolute atomic E-state index is 10.3. The van der Waals surface area contributed by atoms with Gasteiger partial charge in [-0.25, -0.2) is 4.79 Å². The molecule has 4 amide bonds. The van der Waals surface area contributed by atoms with E-state index in [1.165, 1.54) is 0 Å². The standard InChI is InChI=1S/C4H4N2O3.Li.H/c7-2-1-3(8)6-4(9)5-2;;/h1H2,(H2,5,6,7,8,9);;/q;+1;-1. The van der Waals surface area contributed by atoms with E-state index in [0.717, 1.165) is 0 Å². The normalized spacial score (nSPS) is 17.0. The second kappa shape index (κ2) is 3.39. The van der Waals surface area contributed by atoms with Gasteiger partial charge in [-0.2, -0.15) is 0 Å². The van der Waals surface area contributed by atoms with E-state index in [0.29, 0.717) is 0 Å². The van der Waals surface area contributed by atoms with Crippen LogP contribution in [0.3, 0.4) is 0 Å². The molecule has 1 aliphatic rings. The molecule has 0 atom stereocenters. The smallest absolute Gasteiger partial charge is 1.00 e. The van der Waals surface area contributed by atoms with Crippen LogP contribution in [0.1, 0.15) is 7.85 Å². The van der Waals surface area contributed by atoms with Crippen molar-refractivity contribution in [3.8, 4) is 0 Å². The molecule has 0 unspecified atom stereocenters. The van der Waals surface area contributed by atoms with Crippen LogP contribution < -0.4 is 29.5 Å². The summed E-state index contributed by atoms with van der Waals surface area (Å²) in [5, 5.41) is 3.80. The first-order chi connectivity index (χ1) is 4.18. The van der Waals surface area contributed by atoms with E-state index in [1.807, 2.05) is 10.6 Å². The van der Waals surface area contributed by atoms with E-state index < -0.39 is 17.8 Å². The monoisotopic (exact) mass is 136 g/mol. The third-order valence-corrected chi connectivity index (χ3v) is 0.827. The molecule has 0 bridgehead atoms. The summed E-state index contributed by atoms with van der Waals surface area (Å²) in [7, 11) is 0. The number of amides is 4. The van der Waals surface area contributed by atoms with Crippen molar-refractivity contribution in [1.29, 1.82) is 0 Å². The van der Waals surface area contributed by atoms with Gasteiger partial charge in [0.25, 0.3) is 0 Å². The largest absolute Gasteiger partial charge is 1.00 e. The van der Waals surface area contributed by atoms with Gasteiger partial charge in [0.15, 0.2) is 0 Å². The van der Waals surface area contributed by atoms with Crippen molar-refractivity contribution < 1.29 is 34.7 Å². The zero-order valence-corrected chi connectivity index (χ0v) is 5.43. The predicted molar refractivity (Wildman–Crippen MR) is 27.4 cm³/mol. The Kier molecular flexibility index (Phi) is 3.13. The van der Waals surface area contributed by atoms with Gasteiger partial charge in [0.2, 0.25) is 11.8 Å². The van der Waals surface area contributed by atoms with Crippen LogP contribution in [-0.4, -0.2) is 17.8 Å². The summed E-state index contributed by atoms with van der Waals surface area (Å²) in [6.45, 7) is 0. The number of hydrogen-bond acceptors (Lipinski definition) is 3. The van der Waals surface area contributed by atoms with Gasteiger partial charge in [0.05, 0.1) is 0 Å². The Balaban J connectivity index is 0. The molecule has 0 radical (unpaired) electrons. The van der Waals surface area contributed by atoms with E-state index in [2.05, 4.69) is 0 Å². The number of urea groups is 1. The molecule has 1 rings (SSSR count). The number of carbonyl (C=O) groups is 3. The van der Waals surface area contributed by atoms with Gasteiger partial charge in [-0.05, 0) is 0 Å². The molecule has 0 saturated carbocycles. The van der Waals surface area contributed by atoms with Crippen LogP contribution in [0, 0.1) is 0 Å². The summed E-state index contributed by atoms with van der Waals surface area (Å²) in [6.07, 6.45) is -0.258. The topological polar surface area (TPSA) is 75.3 Å². The quantitative estimate of drug-likeness (QED) is 0.262. The van der Waals surface area contributed by atoms with Gasteiger partial charge >= 0.3 is 24.9 Å². The summed E-state index contributed by atoms with van der Waals surface area (Å²) in [5.41, 5.74) is 0. The summed E-state index contributed by atoms with van der Waals surface area (Å²) in [6, 6.07) is -0.740. The second-order valence-corrected chi connectivity index (χ2v) is 1.60. The molecule has 1 saturated heterocycles. The SMILES string of the molecule is O=C1CC(=O)NC(=O)N1.[H-].[Li+]. The van der Waals surface area contributed by atoms with E-state index >= 15 is 0 Å². The first-order valence-corrected chi connectivity index (χ1v) is 2.32. The van der Waals surface area contributed by atoms with Crippen molar-refractivity contribution in [2.24, 2.45) is 0 Å². The minimum absolute atomic E-state index is 0. The first kappa shape index (κ1) is 9.21. The molecule has 1 aliphatic heterocycles. The molecule has 0 aromatic heterocycles. The molecular weight excluding hydrogens is 131 g/mol. The minimum atomic E-state index is -0.740. The molecular formula is C4H5LiN2O3. The third-order valence-electron chi connectivity index (χ3n) is 0.827. The van der Waals surface area contributed by atoms with Crippen LogP contribution in [0.5, 0.6) is 0 Å². The van der Waals surface area contributed by atoms with Crippen LogP contribution in [0.2, 0.25) is 0 Å². The van der Waals surface area contributed by atoms with Gasteiger partial charge in [-0.1, -0.05) is 0 Å². The summed E-state index contributed by atoms with van der Waals surface area (Å²) in [5.74, 6) is -1.10. The van der Waals surface area contributed by atoms with Gasteiger partial charge in [0.1, 0.15) is 6.42 Å². The first-order valence-electron chi connectivity index (χ1n) is 2.32. The van der Waals surface area contributed by atoms with Crippen LogP contribution in [-0.2, 0) is 9.59 Å². The number of barbiturate groups is 1. The third kappa shape index (κ3) is 2.21. The molecule has 0 aromatic rings. The van der Waals surface area contributed by atoms with Gasteiger partial charge < -0.3 is 1.43 Å². The number of imide groups is 2. The summed E-state index contributed by atoms with van der Waals surface area (Å²) < 4.78 is 0. The Bertz CT molecular complexity index is 150. The Morgan fingerprint density at radius 1 is 1.10 bits per heavy atom. The maximum Gasteiger partial charge on any atom is 1.00 e. The van der Waals surface area contributed by atoms with E-state index in [1.54, 1.807) is 0 Å². The van der Waals surface area contributed by atoms with E-state index in [-0.39, 0.29) is 26.7 Å². The minimum Gasteiger partial charge on any atom is -1.00 e. The molecule has 50 valence electrons. The molecule has 0 spiro atoms. The van der Waals surface area contributed by atoms with Crippen LogP contribution >= 0.6 is 0 Å². The average molecular weight is 136 g/mol. The fourth-order valence-corrected chi connectivity index (χ4v) is 0.519. The van der Waals surface area contributed by atoms with Gasteiger partial charge in [0, 0.05) is 0 Å². The maximum atomic E-state index is 10.3. The number of rotatable bonds is 0. The molecule has 2 N–H and O–H groups in total. The molecule has 6 heteroatoms.